The second kappa shape index (κ2) is 7.12. The maximum Gasteiger partial charge on any atom is 0.251 e. The molecule has 17 heavy (non-hydrogen) atoms. The fourth-order valence-electron chi connectivity index (χ4n) is 1.39. The molecule has 0 fully saturated rings. The van der Waals surface area contributed by atoms with Crippen molar-refractivity contribution in [2.45, 2.75) is 19.3 Å². The van der Waals surface area contributed by atoms with Gasteiger partial charge in [0.15, 0.2) is 0 Å². The molecule has 0 unspecified atom stereocenters. The summed E-state index contributed by atoms with van der Waals surface area (Å²) in [7, 11) is 1.65. The fraction of sp³-hybridized carbons (Fsp3) is 0.500. The van der Waals surface area contributed by atoms with Crippen LogP contribution in [-0.4, -0.2) is 22.9 Å². The predicted octanol–water partition coefficient (Wildman–Crippen LogP) is 1.52. The van der Waals surface area contributed by atoms with Crippen LogP contribution in [0.25, 0.3) is 0 Å². The van der Waals surface area contributed by atoms with Gasteiger partial charge in [-0.1, -0.05) is 6.42 Å². The molecule has 1 aromatic rings. The van der Waals surface area contributed by atoms with E-state index < -0.39 is 0 Å². The summed E-state index contributed by atoms with van der Waals surface area (Å²) in [5, 5.41) is 2.77. The topological polar surface area (TPSA) is 51.1 Å². The minimum atomic E-state index is -0.200. The summed E-state index contributed by atoms with van der Waals surface area (Å²) in [6, 6.07) is 2.98. The van der Waals surface area contributed by atoms with Crippen molar-refractivity contribution in [3.63, 3.8) is 0 Å². The second-order valence-corrected chi connectivity index (χ2v) is 4.25. The number of unbranched alkanes of at least 4 members (excludes halogenated alkanes) is 2. The number of aryl methyl sites for hydroxylation is 1. The first-order valence-corrected chi connectivity index (χ1v) is 6.19. The van der Waals surface area contributed by atoms with E-state index in [0.29, 0.717) is 18.0 Å². The van der Waals surface area contributed by atoms with Crippen molar-refractivity contribution in [1.29, 1.82) is 0 Å². The number of carbonyl (C=O) groups excluding carboxylic acids is 1. The molecule has 94 valence electrons. The van der Waals surface area contributed by atoms with Crippen LogP contribution in [0.4, 0.5) is 0 Å². The van der Waals surface area contributed by atoms with E-state index in [9.17, 15) is 9.59 Å². The Morgan fingerprint density at radius 3 is 2.82 bits per heavy atom. The van der Waals surface area contributed by atoms with Crippen molar-refractivity contribution in [2.24, 2.45) is 7.05 Å². The predicted molar refractivity (Wildman–Crippen MR) is 68.6 cm³/mol. The number of halogens is 1. The SMILES string of the molecule is Cn1ccc(C(=O)NCCCCCCl)cc1=O. The van der Waals surface area contributed by atoms with E-state index in [2.05, 4.69) is 5.32 Å². The summed E-state index contributed by atoms with van der Waals surface area (Å²) in [4.78, 5) is 23.0. The third-order valence-electron chi connectivity index (χ3n) is 2.46. The van der Waals surface area contributed by atoms with Crippen LogP contribution >= 0.6 is 11.6 Å². The minimum absolute atomic E-state index is 0.181. The molecule has 0 saturated heterocycles. The molecule has 1 N–H and O–H groups in total. The summed E-state index contributed by atoms with van der Waals surface area (Å²) in [6.45, 7) is 0.616. The Morgan fingerprint density at radius 1 is 1.41 bits per heavy atom. The number of hydrogen-bond acceptors (Lipinski definition) is 2. The van der Waals surface area contributed by atoms with Gasteiger partial charge in [-0.25, -0.2) is 0 Å². The van der Waals surface area contributed by atoms with Crippen LogP contribution in [0.5, 0.6) is 0 Å². The second-order valence-electron chi connectivity index (χ2n) is 3.87. The Kier molecular flexibility index (Phi) is 5.77. The summed E-state index contributed by atoms with van der Waals surface area (Å²) in [5.74, 6) is 0.455. The molecular weight excluding hydrogens is 240 g/mol. The molecule has 4 nitrogen and oxygen atoms in total. The Morgan fingerprint density at radius 2 is 2.18 bits per heavy atom. The summed E-state index contributed by atoms with van der Waals surface area (Å²) in [6.07, 6.45) is 4.46. The number of amides is 1. The van der Waals surface area contributed by atoms with Gasteiger partial charge in [0.1, 0.15) is 0 Å². The van der Waals surface area contributed by atoms with Gasteiger partial charge in [-0.2, -0.15) is 0 Å². The molecule has 0 radical (unpaired) electrons. The molecule has 0 atom stereocenters. The first-order chi connectivity index (χ1) is 8.15. The zero-order valence-corrected chi connectivity index (χ0v) is 10.7. The Bertz CT molecular complexity index is 429. The Hall–Kier alpha value is -1.29. The van der Waals surface area contributed by atoms with Crippen molar-refractivity contribution in [3.05, 3.63) is 34.2 Å². The molecule has 1 heterocycles. The van der Waals surface area contributed by atoms with Crippen LogP contribution in [-0.2, 0) is 7.05 Å². The van der Waals surface area contributed by atoms with Crippen LogP contribution in [0.3, 0.4) is 0 Å². The van der Waals surface area contributed by atoms with Crippen LogP contribution < -0.4 is 10.9 Å². The van der Waals surface area contributed by atoms with Crippen LogP contribution in [0, 0.1) is 0 Å². The first-order valence-electron chi connectivity index (χ1n) is 5.66. The summed E-state index contributed by atoms with van der Waals surface area (Å²) in [5.41, 5.74) is 0.227. The molecule has 0 bridgehead atoms. The average Bonchev–Trinajstić information content (AvgIpc) is 2.32. The van der Waals surface area contributed by atoms with Gasteiger partial charge in [0, 0.05) is 37.3 Å². The highest BCUT2D eigenvalue weighted by atomic mass is 35.5. The van der Waals surface area contributed by atoms with E-state index in [4.69, 9.17) is 11.6 Å². The van der Waals surface area contributed by atoms with Gasteiger partial charge in [-0.15, -0.1) is 11.6 Å². The lowest BCUT2D eigenvalue weighted by molar-refractivity contribution is 0.0952. The monoisotopic (exact) mass is 256 g/mol. The van der Waals surface area contributed by atoms with Gasteiger partial charge < -0.3 is 9.88 Å². The number of pyridine rings is 1. The van der Waals surface area contributed by atoms with Crippen molar-refractivity contribution in [3.8, 4) is 0 Å². The summed E-state index contributed by atoms with van der Waals surface area (Å²) >= 11 is 5.55. The lowest BCUT2D eigenvalue weighted by atomic mass is 10.2. The number of aromatic nitrogens is 1. The molecule has 1 rings (SSSR count). The fourth-order valence-corrected chi connectivity index (χ4v) is 1.58. The van der Waals surface area contributed by atoms with Crippen molar-refractivity contribution < 1.29 is 4.79 Å². The van der Waals surface area contributed by atoms with Gasteiger partial charge in [0.2, 0.25) is 0 Å². The van der Waals surface area contributed by atoms with Gasteiger partial charge in [-0.3, -0.25) is 9.59 Å². The molecule has 5 heteroatoms. The number of alkyl halides is 1. The molecule has 0 spiro atoms. The zero-order chi connectivity index (χ0) is 12.7. The van der Waals surface area contributed by atoms with Crippen molar-refractivity contribution >= 4 is 17.5 Å². The van der Waals surface area contributed by atoms with Crippen LogP contribution in [0.2, 0.25) is 0 Å². The van der Waals surface area contributed by atoms with Gasteiger partial charge >= 0.3 is 0 Å². The van der Waals surface area contributed by atoms with E-state index in [1.54, 1.807) is 19.3 Å². The maximum absolute atomic E-state index is 11.7. The molecule has 1 amide bonds. The van der Waals surface area contributed by atoms with E-state index in [0.717, 1.165) is 19.3 Å². The number of nitrogens with one attached hydrogen (secondary N) is 1. The lowest BCUT2D eigenvalue weighted by Gasteiger charge is -2.05. The first kappa shape index (κ1) is 13.8. The standard InChI is InChI=1S/C12H17ClN2O2/c1-15-8-5-10(9-11(15)16)12(17)14-7-4-2-3-6-13/h5,8-9H,2-4,6-7H2,1H3,(H,14,17). The van der Waals surface area contributed by atoms with E-state index in [-0.39, 0.29) is 11.5 Å². The highest BCUT2D eigenvalue weighted by molar-refractivity contribution is 6.17. The van der Waals surface area contributed by atoms with Gasteiger partial charge in [0.05, 0.1) is 0 Å². The molecule has 0 aliphatic carbocycles. The Balaban J connectivity index is 2.42. The zero-order valence-electron chi connectivity index (χ0n) is 9.91. The largest absolute Gasteiger partial charge is 0.352 e. The van der Waals surface area contributed by atoms with E-state index in [1.165, 1.54) is 10.6 Å². The molecule has 1 aromatic heterocycles. The number of carbonyl (C=O) groups is 1. The van der Waals surface area contributed by atoms with E-state index in [1.807, 2.05) is 0 Å². The summed E-state index contributed by atoms with van der Waals surface area (Å²) < 4.78 is 1.43. The molecule has 0 aliphatic rings. The number of hydrogen-bond donors (Lipinski definition) is 1. The molecule has 0 aromatic carbocycles. The van der Waals surface area contributed by atoms with Crippen molar-refractivity contribution in [2.75, 3.05) is 12.4 Å². The molecular formula is C12H17ClN2O2. The number of nitrogens with zero attached hydrogens (tertiary/aromatic N) is 1. The van der Waals surface area contributed by atoms with Crippen LogP contribution in [0.1, 0.15) is 29.6 Å². The molecule has 0 saturated carbocycles. The quantitative estimate of drug-likeness (QED) is 0.620. The highest BCUT2D eigenvalue weighted by Crippen LogP contribution is 1.97. The normalized spacial score (nSPS) is 10.2. The lowest BCUT2D eigenvalue weighted by Crippen LogP contribution is -2.26. The Labute approximate surface area is 106 Å². The average molecular weight is 257 g/mol. The van der Waals surface area contributed by atoms with Gasteiger partial charge in [-0.05, 0) is 18.9 Å². The van der Waals surface area contributed by atoms with E-state index >= 15 is 0 Å². The highest BCUT2D eigenvalue weighted by Gasteiger charge is 2.05. The van der Waals surface area contributed by atoms with Gasteiger partial charge in [0.25, 0.3) is 11.5 Å². The maximum atomic E-state index is 11.7. The smallest absolute Gasteiger partial charge is 0.251 e. The number of rotatable bonds is 6. The third-order valence-corrected chi connectivity index (χ3v) is 2.73. The minimum Gasteiger partial charge on any atom is -0.352 e. The van der Waals surface area contributed by atoms with Crippen LogP contribution in [0.15, 0.2) is 23.1 Å². The molecule has 0 aliphatic heterocycles. The van der Waals surface area contributed by atoms with Crippen molar-refractivity contribution in [1.82, 2.24) is 9.88 Å². The third kappa shape index (κ3) is 4.61.